The quantitative estimate of drug-likeness (QED) is 0.168. The summed E-state index contributed by atoms with van der Waals surface area (Å²) in [4.78, 5) is 1.81. The van der Waals surface area contributed by atoms with Gasteiger partial charge in [0.05, 0.1) is 37.7 Å². The van der Waals surface area contributed by atoms with Gasteiger partial charge in [-0.05, 0) is 82.5 Å². The lowest BCUT2D eigenvalue weighted by Crippen LogP contribution is -2.11. The van der Waals surface area contributed by atoms with Gasteiger partial charge in [0.2, 0.25) is 0 Å². The van der Waals surface area contributed by atoms with E-state index < -0.39 is 30.2 Å². The van der Waals surface area contributed by atoms with E-state index in [1.165, 1.54) is 0 Å². The molecule has 0 bridgehead atoms. The van der Waals surface area contributed by atoms with Crippen molar-refractivity contribution in [2.24, 2.45) is 0 Å². The zero-order chi connectivity index (χ0) is 45.0. The molecule has 10 aromatic carbocycles. The molecule has 0 saturated heterocycles. The van der Waals surface area contributed by atoms with Crippen molar-refractivity contribution in [3.05, 3.63) is 218 Å². The van der Waals surface area contributed by atoms with Crippen LogP contribution in [0.1, 0.15) is 9.60 Å². The molecule has 2 aromatic heterocycles. The predicted octanol–water partition coefficient (Wildman–Crippen LogP) is 15.8. The van der Waals surface area contributed by atoms with Gasteiger partial charge >= 0.3 is 0 Å². The van der Waals surface area contributed by atoms with Gasteiger partial charge in [0.1, 0.15) is 11.2 Å². The molecule has 12 aromatic rings. The van der Waals surface area contributed by atoms with Gasteiger partial charge in [0.15, 0.2) is 0 Å². The van der Waals surface area contributed by atoms with Crippen LogP contribution >= 0.6 is 0 Å². The summed E-state index contributed by atoms with van der Waals surface area (Å²) in [6, 6.07) is 56.1. The summed E-state index contributed by atoms with van der Waals surface area (Å²) in [5, 5.41) is 6.18. The Bertz CT molecular complexity index is 3930. The number of fused-ring (bicyclic) bond motifs is 9. The Morgan fingerprint density at radius 2 is 1.08 bits per heavy atom. The third kappa shape index (κ3) is 5.29. The van der Waals surface area contributed by atoms with Gasteiger partial charge in [-0.2, -0.15) is 0 Å². The lowest BCUT2D eigenvalue weighted by atomic mass is 9.98. The molecule has 0 radical (unpaired) electrons. The maximum Gasteiger partial charge on any atom is 0.143 e. The summed E-state index contributed by atoms with van der Waals surface area (Å²) in [5.41, 5.74) is 9.50. The van der Waals surface area contributed by atoms with Crippen molar-refractivity contribution in [3.8, 4) is 27.9 Å². The fourth-order valence-electron chi connectivity index (χ4n) is 8.83. The first-order chi connectivity index (χ1) is 32.2. The Labute approximate surface area is 351 Å². The summed E-state index contributed by atoms with van der Waals surface area (Å²) < 4.78 is 71.9. The Morgan fingerprint density at radius 3 is 1.92 bits per heavy atom. The van der Waals surface area contributed by atoms with Crippen LogP contribution in [-0.4, -0.2) is 4.57 Å². The van der Waals surface area contributed by atoms with Gasteiger partial charge in [0, 0.05) is 49.1 Å². The monoisotopic (exact) mass is 759 g/mol. The molecule has 0 spiro atoms. The Morgan fingerprint density at radius 1 is 0.424 bits per heavy atom. The third-order valence-corrected chi connectivity index (χ3v) is 11.5. The summed E-state index contributed by atoms with van der Waals surface area (Å²) in [6.45, 7) is 0. The summed E-state index contributed by atoms with van der Waals surface area (Å²) in [6.07, 6.45) is 0. The molecule has 12 rings (SSSR count). The molecular formula is C56H36N2O. The van der Waals surface area contributed by atoms with Crippen LogP contribution in [0.25, 0.3) is 93.2 Å². The van der Waals surface area contributed by atoms with E-state index in [0.29, 0.717) is 11.4 Å². The van der Waals surface area contributed by atoms with Crippen molar-refractivity contribution in [1.29, 1.82) is 0 Å². The van der Waals surface area contributed by atoms with E-state index in [1.807, 2.05) is 89.8 Å². The van der Waals surface area contributed by atoms with Crippen LogP contribution in [0, 0.1) is 0 Å². The number of nitrogens with zero attached hydrogens (tertiary/aromatic N) is 2. The molecule has 3 heteroatoms. The van der Waals surface area contributed by atoms with Crippen LogP contribution in [-0.2, 0) is 0 Å². The van der Waals surface area contributed by atoms with E-state index >= 15 is 0 Å². The molecule has 3 nitrogen and oxygen atoms in total. The van der Waals surface area contributed by atoms with Crippen LogP contribution in [0.2, 0.25) is 0 Å². The molecule has 0 saturated carbocycles. The first-order valence-corrected chi connectivity index (χ1v) is 19.6. The fraction of sp³-hybridized carbons (Fsp3) is 0. The van der Waals surface area contributed by atoms with Crippen LogP contribution in [0.4, 0.5) is 17.1 Å². The van der Waals surface area contributed by atoms with Crippen LogP contribution in [0.5, 0.6) is 0 Å². The SMILES string of the molecule is [2H]c1c([2H])c([2H])c2c(N(c3ccc(-c4ccccc4-n4c5ccccc5c5ccccc54)cc3)c3ccccc3-c3ccc4oc5c6ccccc6ccc5c4c3)c([2H])c([2H])c([2H])c2c1[2H]. The normalized spacial score (nSPS) is 13.4. The van der Waals surface area contributed by atoms with Gasteiger partial charge in [-0.15, -0.1) is 0 Å². The average Bonchev–Trinajstić information content (AvgIpc) is 3.91. The highest BCUT2D eigenvalue weighted by atomic mass is 16.3. The van der Waals surface area contributed by atoms with Crippen LogP contribution < -0.4 is 4.90 Å². The van der Waals surface area contributed by atoms with Crippen molar-refractivity contribution in [1.82, 2.24) is 4.57 Å². The van der Waals surface area contributed by atoms with Crippen molar-refractivity contribution in [2.75, 3.05) is 4.90 Å². The lowest BCUT2D eigenvalue weighted by molar-refractivity contribution is 0.672. The summed E-state index contributed by atoms with van der Waals surface area (Å²) in [5.74, 6) is 0. The number of rotatable bonds is 6. The first-order valence-electron chi connectivity index (χ1n) is 23.1. The Kier molecular flexibility index (Phi) is 6.09. The minimum atomic E-state index is -0.504. The van der Waals surface area contributed by atoms with Crippen molar-refractivity contribution >= 4 is 82.4 Å². The van der Waals surface area contributed by atoms with Gasteiger partial charge in [-0.25, -0.2) is 0 Å². The number of hydrogen-bond donors (Lipinski definition) is 0. The molecule has 276 valence electrons. The topological polar surface area (TPSA) is 21.3 Å². The standard InChI is InChI=1S/C56H36N2O/c1-3-17-42-37(14-1)16-13-27-51(42)57(50-23-9-6-19-44(50)40-31-35-55-49(36-40)48-34-30-38-15-2-4-20-45(38)56(48)59-55)41-32-28-39(29-33-41)43-18-5-10-24-52(43)58-53-25-11-7-21-46(53)47-22-8-12-26-54(47)58/h1-36H/i1D,3D,13D,14D,16D,17D,27D. The first kappa shape index (κ1) is 26.9. The molecule has 59 heavy (non-hydrogen) atoms. The second-order valence-electron chi connectivity index (χ2n) is 14.7. The van der Waals surface area contributed by atoms with E-state index in [9.17, 15) is 2.74 Å². The molecule has 0 aliphatic carbocycles. The number of para-hydroxylation sites is 4. The number of furan rings is 1. The minimum absolute atomic E-state index is 0.00857. The summed E-state index contributed by atoms with van der Waals surface area (Å²) in [7, 11) is 0. The van der Waals surface area contributed by atoms with Gasteiger partial charge in [-0.3, -0.25) is 0 Å². The second-order valence-corrected chi connectivity index (χ2v) is 14.7. The zero-order valence-corrected chi connectivity index (χ0v) is 31.5. The highest BCUT2D eigenvalue weighted by Crippen LogP contribution is 2.45. The average molecular weight is 760 g/mol. The number of aromatic nitrogens is 1. The highest BCUT2D eigenvalue weighted by Gasteiger charge is 2.21. The van der Waals surface area contributed by atoms with Gasteiger partial charge in [-0.1, -0.05) is 158 Å². The van der Waals surface area contributed by atoms with E-state index in [0.717, 1.165) is 82.5 Å². The molecule has 0 amide bonds. The lowest BCUT2D eigenvalue weighted by Gasteiger charge is -2.29. The van der Waals surface area contributed by atoms with E-state index in [4.69, 9.17) is 11.3 Å². The zero-order valence-electron chi connectivity index (χ0n) is 38.5. The molecule has 0 atom stereocenters. The molecule has 2 heterocycles. The van der Waals surface area contributed by atoms with E-state index in [1.54, 1.807) is 0 Å². The molecule has 0 unspecified atom stereocenters. The molecule has 0 fully saturated rings. The molecule has 0 aliphatic heterocycles. The Hall–Kier alpha value is -7.88. The molecule has 0 N–H and O–H groups in total. The number of benzene rings is 10. The smallest absolute Gasteiger partial charge is 0.143 e. The van der Waals surface area contributed by atoms with E-state index in [2.05, 4.69) is 95.6 Å². The third-order valence-electron chi connectivity index (χ3n) is 11.5. The van der Waals surface area contributed by atoms with Crippen molar-refractivity contribution < 1.29 is 14.0 Å². The highest BCUT2D eigenvalue weighted by molar-refractivity contribution is 6.16. The van der Waals surface area contributed by atoms with Crippen molar-refractivity contribution in [3.63, 3.8) is 0 Å². The van der Waals surface area contributed by atoms with Crippen molar-refractivity contribution in [2.45, 2.75) is 0 Å². The molecular weight excluding hydrogens is 717 g/mol. The number of hydrogen-bond acceptors (Lipinski definition) is 2. The number of anilines is 3. The van der Waals surface area contributed by atoms with Gasteiger partial charge in [0.25, 0.3) is 0 Å². The Balaban J connectivity index is 1.09. The van der Waals surface area contributed by atoms with Gasteiger partial charge < -0.3 is 13.9 Å². The maximum absolute atomic E-state index is 9.56. The molecule has 0 aliphatic rings. The predicted molar refractivity (Wildman–Crippen MR) is 249 cm³/mol. The summed E-state index contributed by atoms with van der Waals surface area (Å²) >= 11 is 0. The fourth-order valence-corrected chi connectivity index (χ4v) is 8.83. The second kappa shape index (κ2) is 13.4. The largest absolute Gasteiger partial charge is 0.455 e. The minimum Gasteiger partial charge on any atom is -0.455 e. The van der Waals surface area contributed by atoms with E-state index in [-0.39, 0.29) is 28.5 Å². The maximum atomic E-state index is 9.56. The van der Waals surface area contributed by atoms with Crippen LogP contribution in [0.3, 0.4) is 0 Å². The van der Waals surface area contributed by atoms with Crippen LogP contribution in [0.15, 0.2) is 223 Å².